The minimum absolute atomic E-state index is 0.361. The Bertz CT molecular complexity index is 499. The van der Waals surface area contributed by atoms with Crippen molar-refractivity contribution < 1.29 is 0 Å². The molecule has 1 aliphatic heterocycles. The van der Waals surface area contributed by atoms with E-state index in [1.54, 1.807) is 5.17 Å². The number of fused-ring (bicyclic) bond motifs is 1. The average molecular weight is 222 g/mol. The average Bonchev–Trinajstić information content (AvgIpc) is 2.92. The van der Waals surface area contributed by atoms with Crippen LogP contribution >= 0.6 is 0 Å². The monoisotopic (exact) mass is 222 g/mol. The van der Waals surface area contributed by atoms with Crippen LogP contribution in [0.1, 0.15) is 0 Å². The zero-order valence-corrected chi connectivity index (χ0v) is 10.8. The molecule has 0 saturated heterocycles. The third-order valence-corrected chi connectivity index (χ3v) is 5.24. The molecule has 16 heavy (non-hydrogen) atoms. The van der Waals surface area contributed by atoms with E-state index in [2.05, 4.69) is 62.5 Å². The van der Waals surface area contributed by atoms with Gasteiger partial charge in [0.2, 0.25) is 0 Å². The van der Waals surface area contributed by atoms with Crippen LogP contribution in [0, 0.1) is 5.92 Å². The molecule has 78 valence electrons. The molecule has 0 aromatic heterocycles. The first-order valence-corrected chi connectivity index (χ1v) is 8.40. The molecular formula is C14H15BSi. The fourth-order valence-corrected chi connectivity index (χ4v) is 4.58. The van der Waals surface area contributed by atoms with Crippen LogP contribution in [0.25, 0.3) is 0 Å². The zero-order chi connectivity index (χ0) is 11.1. The van der Waals surface area contributed by atoms with Gasteiger partial charge in [-0.15, -0.1) is 0 Å². The predicted molar refractivity (Wildman–Crippen MR) is 76.0 cm³/mol. The molecule has 1 atom stereocenters. The molecular weight excluding hydrogens is 207 g/mol. The Morgan fingerprint density at radius 2 is 1.88 bits per heavy atom. The van der Waals surface area contributed by atoms with Crippen molar-refractivity contribution in [3.8, 4) is 0 Å². The van der Waals surface area contributed by atoms with Crippen molar-refractivity contribution in [1.82, 2.24) is 0 Å². The first-order chi connectivity index (χ1) is 7.77. The molecule has 0 spiro atoms. The Morgan fingerprint density at radius 1 is 1.12 bits per heavy atom. The summed E-state index contributed by atoms with van der Waals surface area (Å²) in [6.07, 6.45) is 15.7. The van der Waals surface area contributed by atoms with Crippen molar-refractivity contribution in [2.45, 2.75) is 18.9 Å². The Hall–Kier alpha value is -1.02. The molecule has 0 N–H and O–H groups in total. The number of allylic oxidation sites excluding steroid dienone is 8. The third kappa shape index (κ3) is 1.44. The van der Waals surface area contributed by atoms with Gasteiger partial charge >= 0.3 is 98.9 Å². The standard InChI is InChI=1S/C14H15BSi/c1-16(2)14-11-8-5-9-12(11)15-13(14)10-6-3-4-7-10/h3-10,13H,1-2H3. The van der Waals surface area contributed by atoms with Gasteiger partial charge in [0.15, 0.2) is 0 Å². The maximum absolute atomic E-state index is 2.47. The third-order valence-electron chi connectivity index (χ3n) is 3.56. The van der Waals surface area contributed by atoms with E-state index in [1.807, 2.05) is 0 Å². The molecule has 2 aliphatic carbocycles. The Kier molecular flexibility index (Phi) is 2.40. The molecule has 0 fully saturated rings. The summed E-state index contributed by atoms with van der Waals surface area (Å²) < 4.78 is 0. The van der Waals surface area contributed by atoms with E-state index < -0.39 is 0 Å². The Labute approximate surface area is 99.2 Å². The normalized spacial score (nSPS) is 25.9. The molecule has 0 bridgehead atoms. The molecule has 0 aromatic rings. The molecule has 0 saturated carbocycles. The van der Waals surface area contributed by atoms with Gasteiger partial charge in [-0.25, -0.2) is 0 Å². The van der Waals surface area contributed by atoms with E-state index >= 15 is 0 Å². The van der Waals surface area contributed by atoms with Crippen molar-refractivity contribution in [2.75, 3.05) is 0 Å². The van der Waals surface area contributed by atoms with Gasteiger partial charge in [0, 0.05) is 0 Å². The molecule has 1 heterocycles. The van der Waals surface area contributed by atoms with E-state index in [1.165, 1.54) is 11.0 Å². The van der Waals surface area contributed by atoms with Crippen LogP contribution < -0.4 is 0 Å². The fourth-order valence-electron chi connectivity index (χ4n) is 2.88. The van der Waals surface area contributed by atoms with Crippen LogP contribution in [0.2, 0.25) is 18.9 Å². The molecule has 2 heteroatoms. The molecule has 0 aromatic carbocycles. The summed E-state index contributed by atoms with van der Waals surface area (Å²) in [6.45, 7) is 7.28. The topological polar surface area (TPSA) is 0 Å². The fraction of sp³-hybridized carbons (Fsp3) is 0.286. The van der Waals surface area contributed by atoms with Gasteiger partial charge in [0.25, 0.3) is 0 Å². The van der Waals surface area contributed by atoms with Gasteiger partial charge in [0.1, 0.15) is 0 Å². The minimum atomic E-state index is -0.361. The van der Waals surface area contributed by atoms with Gasteiger partial charge in [-0.2, -0.15) is 0 Å². The predicted octanol–water partition coefficient (Wildman–Crippen LogP) is 2.41. The summed E-state index contributed by atoms with van der Waals surface area (Å²) >= 11 is 0. The maximum atomic E-state index is 2.47. The van der Waals surface area contributed by atoms with Gasteiger partial charge < -0.3 is 0 Å². The molecule has 0 radical (unpaired) electrons. The summed E-state index contributed by atoms with van der Waals surface area (Å²) in [5.41, 5.74) is 2.98. The van der Waals surface area contributed by atoms with E-state index in [9.17, 15) is 0 Å². The van der Waals surface area contributed by atoms with Crippen LogP contribution in [0.4, 0.5) is 0 Å². The van der Waals surface area contributed by atoms with Crippen LogP contribution in [0.5, 0.6) is 0 Å². The van der Waals surface area contributed by atoms with Crippen LogP contribution in [0.3, 0.4) is 0 Å². The van der Waals surface area contributed by atoms with E-state index in [0.717, 1.165) is 0 Å². The van der Waals surface area contributed by atoms with Crippen molar-refractivity contribution >= 4 is 26.0 Å². The molecule has 1 unspecified atom stereocenters. The summed E-state index contributed by atoms with van der Waals surface area (Å²) in [5, 5.41) is 1.71. The molecule has 3 aliphatic rings. The molecule has 3 rings (SSSR count). The first kappa shape index (κ1) is 10.2. The van der Waals surface area contributed by atoms with Gasteiger partial charge in [-0.1, -0.05) is 0 Å². The van der Waals surface area contributed by atoms with Crippen LogP contribution in [-0.4, -0.2) is 26.0 Å². The van der Waals surface area contributed by atoms with Gasteiger partial charge in [-0.3, -0.25) is 0 Å². The summed E-state index contributed by atoms with van der Waals surface area (Å²) in [6, 6.07) is 0. The summed E-state index contributed by atoms with van der Waals surface area (Å²) in [5.74, 6) is 1.23. The van der Waals surface area contributed by atoms with Gasteiger partial charge in [-0.05, 0) is 0 Å². The SMILES string of the molecule is C[Si](C)=C1C2=CC=CC2=BC1C1C=CC=C1. The molecule has 0 amide bonds. The summed E-state index contributed by atoms with van der Waals surface area (Å²) in [4.78, 5) is 0. The second-order valence-corrected chi connectivity index (χ2v) is 7.39. The zero-order valence-electron chi connectivity index (χ0n) is 9.77. The summed E-state index contributed by atoms with van der Waals surface area (Å²) in [7, 11) is -0.361. The number of rotatable bonds is 1. The Balaban J connectivity index is 2.06. The van der Waals surface area contributed by atoms with Crippen LogP contribution in [-0.2, 0) is 0 Å². The van der Waals surface area contributed by atoms with Crippen molar-refractivity contribution in [3.05, 3.63) is 48.1 Å². The van der Waals surface area contributed by atoms with Gasteiger partial charge in [0.05, 0.1) is 0 Å². The van der Waals surface area contributed by atoms with Crippen molar-refractivity contribution in [1.29, 1.82) is 0 Å². The second-order valence-electron chi connectivity index (χ2n) is 4.85. The quantitative estimate of drug-likeness (QED) is 0.598. The molecule has 0 nitrogen and oxygen atoms in total. The first-order valence-electron chi connectivity index (χ1n) is 5.90. The van der Waals surface area contributed by atoms with Crippen LogP contribution in [0.15, 0.2) is 48.1 Å². The second kappa shape index (κ2) is 3.78. The van der Waals surface area contributed by atoms with Crippen molar-refractivity contribution in [2.24, 2.45) is 5.92 Å². The number of hydrogen-bond donors (Lipinski definition) is 0. The van der Waals surface area contributed by atoms with E-state index in [4.69, 9.17) is 0 Å². The van der Waals surface area contributed by atoms with E-state index in [0.29, 0.717) is 11.7 Å². The van der Waals surface area contributed by atoms with E-state index in [-0.39, 0.29) is 8.41 Å². The van der Waals surface area contributed by atoms with Crippen molar-refractivity contribution in [3.63, 3.8) is 0 Å². The Morgan fingerprint density at radius 3 is 2.56 bits per heavy atom. The number of hydrogen-bond acceptors (Lipinski definition) is 0.